The molecule has 4 nitrogen and oxygen atoms in total. The number of hydrogen-bond donors (Lipinski definition) is 0. The van der Waals surface area contributed by atoms with Crippen LogP contribution in [0, 0.1) is 23.7 Å². The summed E-state index contributed by atoms with van der Waals surface area (Å²) < 4.78 is 0. The van der Waals surface area contributed by atoms with Crippen LogP contribution >= 0.6 is 0 Å². The molecular weight excluding hydrogens is 346 g/mol. The zero-order valence-corrected chi connectivity index (χ0v) is 15.1. The SMILES string of the molecule is O=C([O-])C#Cc1ccccc1.O=C([O-])C#Cc1ccccc1.[Zn+2]. The summed E-state index contributed by atoms with van der Waals surface area (Å²) >= 11 is 0. The van der Waals surface area contributed by atoms with Crippen LogP contribution in [0.2, 0.25) is 0 Å². The molecule has 0 aromatic heterocycles. The quantitative estimate of drug-likeness (QED) is 0.474. The zero-order chi connectivity index (χ0) is 16.2. The van der Waals surface area contributed by atoms with Crippen LogP contribution < -0.4 is 10.2 Å². The van der Waals surface area contributed by atoms with Gasteiger partial charge in [-0.1, -0.05) is 48.2 Å². The standard InChI is InChI=1S/2C9H6O2.Zn/c2*10-9(11)7-6-8-4-2-1-3-5-8;/h2*1-5H,(H,10,11);/q;;+2/p-2. The summed E-state index contributed by atoms with van der Waals surface area (Å²) in [5.41, 5.74) is 1.36. The van der Waals surface area contributed by atoms with E-state index in [0.717, 1.165) is 0 Å². The van der Waals surface area contributed by atoms with E-state index in [-0.39, 0.29) is 19.5 Å². The van der Waals surface area contributed by atoms with Crippen molar-refractivity contribution in [2.24, 2.45) is 0 Å². The molecule has 0 spiro atoms. The number of aliphatic carboxylic acids is 2. The van der Waals surface area contributed by atoms with E-state index >= 15 is 0 Å². The molecule has 108 valence electrons. The van der Waals surface area contributed by atoms with Crippen LogP contribution in [-0.4, -0.2) is 11.9 Å². The summed E-state index contributed by atoms with van der Waals surface area (Å²) in [5.74, 6) is 5.99. The van der Waals surface area contributed by atoms with Gasteiger partial charge in [-0.3, -0.25) is 0 Å². The van der Waals surface area contributed by atoms with Crippen molar-refractivity contribution in [2.75, 3.05) is 0 Å². The van der Waals surface area contributed by atoms with E-state index in [0.29, 0.717) is 11.1 Å². The van der Waals surface area contributed by atoms with Crippen molar-refractivity contribution in [3.05, 3.63) is 71.8 Å². The van der Waals surface area contributed by atoms with Gasteiger partial charge >= 0.3 is 19.5 Å². The second kappa shape index (κ2) is 11.7. The summed E-state index contributed by atoms with van der Waals surface area (Å²) in [5, 5.41) is 19.8. The number of carbonyl (C=O) groups excluding carboxylic acids is 2. The van der Waals surface area contributed by atoms with Gasteiger partial charge in [-0.05, 0) is 36.1 Å². The molecule has 0 unspecified atom stereocenters. The average molecular weight is 356 g/mol. The summed E-state index contributed by atoms with van der Waals surface area (Å²) in [6.07, 6.45) is 0. The molecule has 2 aromatic carbocycles. The summed E-state index contributed by atoms with van der Waals surface area (Å²) in [7, 11) is 0. The molecular formula is C18H10O4Zn. The number of rotatable bonds is 0. The van der Waals surface area contributed by atoms with Crippen molar-refractivity contribution in [1.82, 2.24) is 0 Å². The monoisotopic (exact) mass is 354 g/mol. The largest absolute Gasteiger partial charge is 2.00 e. The average Bonchev–Trinajstić information content (AvgIpc) is 2.53. The molecule has 0 amide bonds. The van der Waals surface area contributed by atoms with Gasteiger partial charge in [-0.25, -0.2) is 0 Å². The minimum atomic E-state index is -1.35. The topological polar surface area (TPSA) is 80.3 Å². The summed E-state index contributed by atoms with van der Waals surface area (Å²) in [6.45, 7) is 0. The van der Waals surface area contributed by atoms with Gasteiger partial charge < -0.3 is 19.8 Å². The third-order valence-corrected chi connectivity index (χ3v) is 2.17. The smallest absolute Gasteiger partial charge is 0.537 e. The van der Waals surface area contributed by atoms with Gasteiger partial charge in [0.1, 0.15) is 11.9 Å². The number of carbonyl (C=O) groups is 2. The predicted octanol–water partition coefficient (Wildman–Crippen LogP) is -0.427. The van der Waals surface area contributed by atoms with Crippen molar-refractivity contribution in [3.63, 3.8) is 0 Å². The Morgan fingerprint density at radius 3 is 1.22 bits per heavy atom. The van der Waals surface area contributed by atoms with Crippen molar-refractivity contribution in [3.8, 4) is 23.7 Å². The van der Waals surface area contributed by atoms with Crippen LogP contribution in [0.15, 0.2) is 60.7 Å². The third-order valence-electron chi connectivity index (χ3n) is 2.17. The fraction of sp³-hybridized carbons (Fsp3) is 0. The van der Waals surface area contributed by atoms with E-state index in [1.54, 1.807) is 48.5 Å². The summed E-state index contributed by atoms with van der Waals surface area (Å²) in [6, 6.07) is 17.8. The first-order chi connectivity index (χ1) is 10.6. The van der Waals surface area contributed by atoms with E-state index in [9.17, 15) is 19.8 Å². The predicted molar refractivity (Wildman–Crippen MR) is 76.7 cm³/mol. The van der Waals surface area contributed by atoms with Crippen LogP contribution in [0.4, 0.5) is 0 Å². The normalized spacial score (nSPS) is 7.65. The van der Waals surface area contributed by atoms with Gasteiger partial charge in [0.05, 0.1) is 0 Å². The molecule has 23 heavy (non-hydrogen) atoms. The number of hydrogen-bond acceptors (Lipinski definition) is 4. The van der Waals surface area contributed by atoms with E-state index in [1.807, 2.05) is 24.0 Å². The number of benzene rings is 2. The Morgan fingerprint density at radius 2 is 0.957 bits per heavy atom. The van der Waals surface area contributed by atoms with Gasteiger partial charge in [0.25, 0.3) is 0 Å². The molecule has 0 radical (unpaired) electrons. The van der Waals surface area contributed by atoms with Crippen LogP contribution in [0.1, 0.15) is 11.1 Å². The van der Waals surface area contributed by atoms with Crippen molar-refractivity contribution in [1.29, 1.82) is 0 Å². The molecule has 5 heteroatoms. The van der Waals surface area contributed by atoms with Gasteiger partial charge in [0.2, 0.25) is 0 Å². The maximum Gasteiger partial charge on any atom is 2.00 e. The minimum Gasteiger partial charge on any atom is -0.537 e. The van der Waals surface area contributed by atoms with Crippen molar-refractivity contribution < 1.29 is 39.3 Å². The first-order valence-electron chi connectivity index (χ1n) is 6.14. The first-order valence-corrected chi connectivity index (χ1v) is 6.14. The molecule has 0 bridgehead atoms. The Bertz CT molecular complexity index is 680. The number of carboxylic acids is 2. The van der Waals surface area contributed by atoms with Crippen LogP contribution in [0.25, 0.3) is 0 Å². The second-order valence-corrected chi connectivity index (χ2v) is 3.81. The third kappa shape index (κ3) is 10.5. The van der Waals surface area contributed by atoms with Crippen LogP contribution in [0.3, 0.4) is 0 Å². The van der Waals surface area contributed by atoms with E-state index < -0.39 is 11.9 Å². The maximum atomic E-state index is 9.89. The Morgan fingerprint density at radius 1 is 0.652 bits per heavy atom. The van der Waals surface area contributed by atoms with Gasteiger partial charge in [-0.2, -0.15) is 0 Å². The molecule has 2 aromatic rings. The minimum absolute atomic E-state index is 0. The Labute approximate surface area is 146 Å². The maximum absolute atomic E-state index is 9.89. The molecule has 0 aliphatic carbocycles. The molecule has 0 aliphatic rings. The Hall–Kier alpha value is -2.88. The molecule has 0 atom stereocenters. The fourth-order valence-corrected chi connectivity index (χ4v) is 1.29. The van der Waals surface area contributed by atoms with Crippen molar-refractivity contribution in [2.45, 2.75) is 0 Å². The molecule has 2 rings (SSSR count). The van der Waals surface area contributed by atoms with Gasteiger partial charge in [0, 0.05) is 11.1 Å². The Balaban J connectivity index is 0.000000403. The first kappa shape index (κ1) is 20.1. The summed E-state index contributed by atoms with van der Waals surface area (Å²) in [4.78, 5) is 19.8. The molecule has 0 heterocycles. The number of carboxylic acid groups (broad SMARTS) is 2. The van der Waals surface area contributed by atoms with Gasteiger partial charge in [0.15, 0.2) is 0 Å². The van der Waals surface area contributed by atoms with Crippen LogP contribution in [-0.2, 0) is 29.1 Å². The van der Waals surface area contributed by atoms with E-state index in [4.69, 9.17) is 0 Å². The van der Waals surface area contributed by atoms with E-state index in [1.165, 1.54) is 0 Å². The van der Waals surface area contributed by atoms with Crippen LogP contribution in [0.5, 0.6) is 0 Å². The molecule has 0 aliphatic heterocycles. The van der Waals surface area contributed by atoms with E-state index in [2.05, 4.69) is 11.8 Å². The molecule has 0 saturated carbocycles. The molecule has 0 fully saturated rings. The fourth-order valence-electron chi connectivity index (χ4n) is 1.29. The van der Waals surface area contributed by atoms with Crippen molar-refractivity contribution >= 4 is 11.9 Å². The zero-order valence-electron chi connectivity index (χ0n) is 12.1. The molecule has 0 saturated heterocycles. The Kier molecular flexibility index (Phi) is 10.3. The molecule has 0 N–H and O–H groups in total. The van der Waals surface area contributed by atoms with Gasteiger partial charge in [-0.15, -0.1) is 0 Å². The second-order valence-electron chi connectivity index (χ2n) is 3.81.